The zero-order valence-electron chi connectivity index (χ0n) is 14.3. The van der Waals surface area contributed by atoms with E-state index in [2.05, 4.69) is 24.1 Å². The second-order valence-corrected chi connectivity index (χ2v) is 6.94. The lowest BCUT2D eigenvalue weighted by molar-refractivity contribution is -0.0576. The van der Waals surface area contributed by atoms with E-state index >= 15 is 0 Å². The number of hydrogen-bond acceptors (Lipinski definition) is 3. The Bertz CT molecular complexity index is 262. The maximum Gasteiger partial charge on any atom is 0.0857 e. The Morgan fingerprint density at radius 1 is 1.10 bits per heavy atom. The van der Waals surface area contributed by atoms with E-state index in [0.29, 0.717) is 12.1 Å². The molecule has 0 spiro atoms. The van der Waals surface area contributed by atoms with Crippen molar-refractivity contribution < 1.29 is 4.74 Å². The summed E-state index contributed by atoms with van der Waals surface area (Å²) in [5, 5.41) is 3.85. The quantitative estimate of drug-likeness (QED) is 0.728. The molecule has 0 aromatic rings. The molecule has 2 rings (SSSR count). The fraction of sp³-hybridized carbons (Fsp3) is 1.00. The minimum absolute atomic E-state index is 0.403. The normalized spacial score (nSPS) is 27.4. The molecule has 0 aromatic carbocycles. The monoisotopic (exact) mass is 296 g/mol. The van der Waals surface area contributed by atoms with Crippen LogP contribution >= 0.6 is 0 Å². The van der Waals surface area contributed by atoms with Crippen molar-refractivity contribution in [1.29, 1.82) is 0 Å². The molecule has 3 heteroatoms. The Kier molecular flexibility index (Phi) is 8.05. The Hall–Kier alpha value is -0.120. The summed E-state index contributed by atoms with van der Waals surface area (Å²) in [7, 11) is 0. The predicted molar refractivity (Wildman–Crippen MR) is 89.7 cm³/mol. The van der Waals surface area contributed by atoms with Crippen LogP contribution in [0.25, 0.3) is 0 Å². The van der Waals surface area contributed by atoms with E-state index in [1.54, 1.807) is 0 Å². The molecule has 0 radical (unpaired) electrons. The Morgan fingerprint density at radius 2 is 1.86 bits per heavy atom. The van der Waals surface area contributed by atoms with Gasteiger partial charge >= 0.3 is 0 Å². The lowest BCUT2D eigenvalue weighted by atomic mass is 9.87. The third-order valence-corrected chi connectivity index (χ3v) is 5.16. The molecule has 0 amide bonds. The maximum atomic E-state index is 6.20. The summed E-state index contributed by atoms with van der Waals surface area (Å²) in [6.07, 6.45) is 11.4. The fourth-order valence-corrected chi connectivity index (χ4v) is 4.05. The SMILES string of the molecule is CCCNC(C1CCCCCC1)C1CN(CCC)CCO1. The van der Waals surface area contributed by atoms with E-state index in [1.165, 1.54) is 57.9 Å². The van der Waals surface area contributed by atoms with Crippen molar-refractivity contribution in [3.05, 3.63) is 0 Å². The topological polar surface area (TPSA) is 24.5 Å². The number of hydrogen-bond donors (Lipinski definition) is 1. The standard InChI is InChI=1S/C18H36N2O/c1-3-11-19-18(16-9-7-5-6-8-10-16)17-15-20(12-4-2)13-14-21-17/h16-19H,3-15H2,1-2H3. The highest BCUT2D eigenvalue weighted by atomic mass is 16.5. The first-order valence-electron chi connectivity index (χ1n) is 9.42. The van der Waals surface area contributed by atoms with Gasteiger partial charge in [-0.15, -0.1) is 0 Å². The fourth-order valence-electron chi connectivity index (χ4n) is 4.05. The summed E-state index contributed by atoms with van der Waals surface area (Å²) < 4.78 is 6.20. The maximum absolute atomic E-state index is 6.20. The van der Waals surface area contributed by atoms with Crippen LogP contribution in [-0.2, 0) is 4.74 Å². The average molecular weight is 296 g/mol. The molecule has 2 atom stereocenters. The molecule has 2 aliphatic rings. The molecule has 0 bridgehead atoms. The molecule has 1 saturated heterocycles. The average Bonchev–Trinajstić information content (AvgIpc) is 2.78. The van der Waals surface area contributed by atoms with Gasteiger partial charge in [-0.1, -0.05) is 39.5 Å². The highest BCUT2D eigenvalue weighted by molar-refractivity contribution is 4.89. The number of morpholine rings is 1. The van der Waals surface area contributed by atoms with Crippen molar-refractivity contribution >= 4 is 0 Å². The Labute approximate surface area is 131 Å². The van der Waals surface area contributed by atoms with Gasteiger partial charge < -0.3 is 10.1 Å². The highest BCUT2D eigenvalue weighted by Crippen LogP contribution is 2.28. The zero-order chi connectivity index (χ0) is 14.9. The van der Waals surface area contributed by atoms with Crippen LogP contribution in [0.3, 0.4) is 0 Å². The minimum Gasteiger partial charge on any atom is -0.374 e. The first kappa shape index (κ1) is 17.2. The predicted octanol–water partition coefficient (Wildman–Crippen LogP) is 3.44. The lowest BCUT2D eigenvalue weighted by Crippen LogP contribution is -2.55. The second-order valence-electron chi connectivity index (χ2n) is 6.94. The molecule has 2 unspecified atom stereocenters. The molecule has 3 nitrogen and oxygen atoms in total. The molecule has 1 N–H and O–H groups in total. The lowest BCUT2D eigenvalue weighted by Gasteiger charge is -2.40. The molecule has 0 aromatic heterocycles. The van der Waals surface area contributed by atoms with Gasteiger partial charge in [0.1, 0.15) is 0 Å². The first-order valence-corrected chi connectivity index (χ1v) is 9.42. The molecule has 1 aliphatic carbocycles. The Morgan fingerprint density at radius 3 is 2.52 bits per heavy atom. The van der Waals surface area contributed by atoms with Gasteiger partial charge in [0.15, 0.2) is 0 Å². The van der Waals surface area contributed by atoms with Gasteiger partial charge in [-0.05, 0) is 44.7 Å². The van der Waals surface area contributed by atoms with Crippen molar-refractivity contribution in [2.75, 3.05) is 32.8 Å². The van der Waals surface area contributed by atoms with Crippen molar-refractivity contribution in [1.82, 2.24) is 10.2 Å². The molecule has 1 heterocycles. The summed E-state index contributed by atoms with van der Waals surface area (Å²) >= 11 is 0. The van der Waals surface area contributed by atoms with Gasteiger partial charge in [0.05, 0.1) is 12.7 Å². The van der Waals surface area contributed by atoms with Crippen molar-refractivity contribution in [3.63, 3.8) is 0 Å². The van der Waals surface area contributed by atoms with Gasteiger partial charge in [0.25, 0.3) is 0 Å². The molecular formula is C18H36N2O. The molecular weight excluding hydrogens is 260 g/mol. The zero-order valence-corrected chi connectivity index (χ0v) is 14.3. The number of ether oxygens (including phenoxy) is 1. The van der Waals surface area contributed by atoms with Crippen molar-refractivity contribution in [2.24, 2.45) is 5.92 Å². The van der Waals surface area contributed by atoms with Crippen LogP contribution in [0.4, 0.5) is 0 Å². The number of nitrogens with one attached hydrogen (secondary N) is 1. The van der Waals surface area contributed by atoms with Crippen LogP contribution < -0.4 is 5.32 Å². The summed E-state index contributed by atoms with van der Waals surface area (Å²) in [5.74, 6) is 0.825. The molecule has 1 saturated carbocycles. The summed E-state index contributed by atoms with van der Waals surface area (Å²) in [6, 6.07) is 0.572. The molecule has 1 aliphatic heterocycles. The number of nitrogens with zero attached hydrogens (tertiary/aromatic N) is 1. The summed E-state index contributed by atoms with van der Waals surface area (Å²) in [5.41, 5.74) is 0. The van der Waals surface area contributed by atoms with Gasteiger partial charge in [-0.25, -0.2) is 0 Å². The van der Waals surface area contributed by atoms with E-state index in [-0.39, 0.29) is 0 Å². The van der Waals surface area contributed by atoms with Crippen LogP contribution in [0.15, 0.2) is 0 Å². The van der Waals surface area contributed by atoms with Gasteiger partial charge in [-0.3, -0.25) is 4.90 Å². The largest absolute Gasteiger partial charge is 0.374 e. The third-order valence-electron chi connectivity index (χ3n) is 5.16. The van der Waals surface area contributed by atoms with E-state index in [9.17, 15) is 0 Å². The summed E-state index contributed by atoms with van der Waals surface area (Å²) in [6.45, 7) is 10.1. The third kappa shape index (κ3) is 5.54. The van der Waals surface area contributed by atoms with Gasteiger partial charge in [0.2, 0.25) is 0 Å². The first-order chi connectivity index (χ1) is 10.3. The van der Waals surface area contributed by atoms with Crippen LogP contribution in [0.2, 0.25) is 0 Å². The van der Waals surface area contributed by atoms with Gasteiger partial charge in [0, 0.05) is 19.1 Å². The van der Waals surface area contributed by atoms with Crippen LogP contribution in [-0.4, -0.2) is 49.8 Å². The second kappa shape index (κ2) is 9.81. The van der Waals surface area contributed by atoms with E-state index < -0.39 is 0 Å². The van der Waals surface area contributed by atoms with Crippen molar-refractivity contribution in [3.8, 4) is 0 Å². The van der Waals surface area contributed by atoms with Crippen LogP contribution in [0, 0.1) is 5.92 Å². The van der Waals surface area contributed by atoms with E-state index in [0.717, 1.165) is 32.2 Å². The summed E-state index contributed by atoms with van der Waals surface area (Å²) in [4.78, 5) is 2.60. The molecule has 21 heavy (non-hydrogen) atoms. The van der Waals surface area contributed by atoms with E-state index in [1.807, 2.05) is 0 Å². The van der Waals surface area contributed by atoms with Crippen molar-refractivity contribution in [2.45, 2.75) is 77.4 Å². The van der Waals surface area contributed by atoms with E-state index in [4.69, 9.17) is 4.74 Å². The smallest absolute Gasteiger partial charge is 0.0857 e. The highest BCUT2D eigenvalue weighted by Gasteiger charge is 2.33. The van der Waals surface area contributed by atoms with Gasteiger partial charge in [-0.2, -0.15) is 0 Å². The number of rotatable bonds is 7. The minimum atomic E-state index is 0.403. The molecule has 124 valence electrons. The van der Waals surface area contributed by atoms with Crippen LogP contribution in [0.5, 0.6) is 0 Å². The van der Waals surface area contributed by atoms with Crippen LogP contribution in [0.1, 0.15) is 65.2 Å². The molecule has 2 fully saturated rings. The Balaban J connectivity index is 1.96.